The average molecular weight is 354 g/mol. The van der Waals surface area contributed by atoms with E-state index in [2.05, 4.69) is 20.4 Å². The van der Waals surface area contributed by atoms with Gasteiger partial charge in [-0.1, -0.05) is 12.8 Å². The van der Waals surface area contributed by atoms with Crippen LogP contribution in [0.15, 0.2) is 18.3 Å². The van der Waals surface area contributed by atoms with Gasteiger partial charge in [-0.15, -0.1) is 0 Å². The Hall–Kier alpha value is -2.45. The van der Waals surface area contributed by atoms with Crippen LogP contribution in [0.25, 0.3) is 0 Å². The molecule has 2 heterocycles. The molecule has 1 aromatic heterocycles. The maximum absolute atomic E-state index is 12.5. The van der Waals surface area contributed by atoms with E-state index in [0.717, 1.165) is 25.7 Å². The molecule has 0 bridgehead atoms. The lowest BCUT2D eigenvalue weighted by Crippen LogP contribution is -2.64. The van der Waals surface area contributed by atoms with E-state index in [1.54, 1.807) is 4.90 Å². The van der Waals surface area contributed by atoms with Crippen molar-refractivity contribution in [2.75, 3.05) is 6.54 Å². The van der Waals surface area contributed by atoms with Gasteiger partial charge >= 0.3 is 12.6 Å². The van der Waals surface area contributed by atoms with Crippen LogP contribution in [0.5, 0.6) is 5.75 Å². The third kappa shape index (κ3) is 4.34. The van der Waals surface area contributed by atoms with Crippen LogP contribution in [0.1, 0.15) is 31.4 Å². The number of urea groups is 1. The van der Waals surface area contributed by atoms with Crippen molar-refractivity contribution in [2.45, 2.75) is 50.9 Å². The Bertz CT molecular complexity index is 626. The van der Waals surface area contributed by atoms with Crippen molar-refractivity contribution in [2.24, 2.45) is 0 Å². The van der Waals surface area contributed by atoms with E-state index in [4.69, 9.17) is 0 Å². The first-order valence-corrected chi connectivity index (χ1v) is 8.26. The Labute approximate surface area is 143 Å². The van der Waals surface area contributed by atoms with Crippen molar-refractivity contribution >= 4 is 11.9 Å². The third-order valence-electron chi connectivity index (χ3n) is 4.49. The summed E-state index contributed by atoms with van der Waals surface area (Å²) in [7, 11) is 0. The number of fused-ring (bicyclic) bond motifs is 1. The van der Waals surface area contributed by atoms with Gasteiger partial charge < -0.3 is 20.3 Å². The maximum Gasteiger partial charge on any atom is 0.387 e. The number of alkyl halides is 2. The van der Waals surface area contributed by atoms with Crippen molar-refractivity contribution in [3.63, 3.8) is 0 Å². The van der Waals surface area contributed by atoms with Crippen LogP contribution >= 0.6 is 0 Å². The van der Waals surface area contributed by atoms with Crippen LogP contribution < -0.4 is 15.4 Å². The second-order valence-corrected chi connectivity index (χ2v) is 6.18. The van der Waals surface area contributed by atoms with Gasteiger partial charge in [-0.05, 0) is 25.0 Å². The minimum atomic E-state index is -2.90. The largest absolute Gasteiger partial charge is 0.433 e. The smallest absolute Gasteiger partial charge is 0.387 e. The number of amides is 3. The zero-order valence-electron chi connectivity index (χ0n) is 13.6. The number of piperazine rings is 1. The van der Waals surface area contributed by atoms with E-state index < -0.39 is 6.61 Å². The van der Waals surface area contributed by atoms with Crippen LogP contribution in [0.3, 0.4) is 0 Å². The number of hydrogen-bond acceptors (Lipinski definition) is 4. The third-order valence-corrected chi connectivity index (χ3v) is 4.49. The first kappa shape index (κ1) is 17.4. The monoisotopic (exact) mass is 354 g/mol. The first-order valence-electron chi connectivity index (χ1n) is 8.26. The lowest BCUT2D eigenvalue weighted by atomic mass is 9.87. The second kappa shape index (κ2) is 7.62. The van der Waals surface area contributed by atoms with Gasteiger partial charge in [-0.3, -0.25) is 9.78 Å². The van der Waals surface area contributed by atoms with Crippen LogP contribution in [-0.4, -0.2) is 47.1 Å². The van der Waals surface area contributed by atoms with Crippen LogP contribution in [-0.2, 0) is 11.3 Å². The highest BCUT2D eigenvalue weighted by atomic mass is 19.3. The summed E-state index contributed by atoms with van der Waals surface area (Å²) in [6.07, 6.45) is 5.02. The van der Waals surface area contributed by atoms with Gasteiger partial charge in [0, 0.05) is 6.04 Å². The molecule has 9 heteroatoms. The Kier molecular flexibility index (Phi) is 5.30. The van der Waals surface area contributed by atoms with E-state index in [9.17, 15) is 18.4 Å². The van der Waals surface area contributed by atoms with Crippen molar-refractivity contribution in [1.82, 2.24) is 20.5 Å². The zero-order chi connectivity index (χ0) is 17.8. The number of nitrogens with zero attached hydrogens (tertiary/aromatic N) is 2. The molecule has 0 aromatic carbocycles. The molecule has 2 fully saturated rings. The number of aromatic nitrogens is 1. The van der Waals surface area contributed by atoms with E-state index >= 15 is 0 Å². The average Bonchev–Trinajstić information content (AvgIpc) is 2.59. The quantitative estimate of drug-likeness (QED) is 0.861. The molecule has 25 heavy (non-hydrogen) atoms. The molecule has 7 nitrogen and oxygen atoms in total. The fourth-order valence-electron chi connectivity index (χ4n) is 3.36. The first-order chi connectivity index (χ1) is 12.0. The van der Waals surface area contributed by atoms with E-state index in [1.165, 1.54) is 18.3 Å². The molecule has 2 N–H and O–H groups in total. The fraction of sp³-hybridized carbons (Fsp3) is 0.562. The van der Waals surface area contributed by atoms with Gasteiger partial charge in [-0.2, -0.15) is 8.78 Å². The van der Waals surface area contributed by atoms with E-state index in [0.29, 0.717) is 5.69 Å². The molecule has 0 spiro atoms. The van der Waals surface area contributed by atoms with Gasteiger partial charge in [0.05, 0.1) is 24.5 Å². The SMILES string of the molecule is O=C1CN(C(=O)NCc2ccc(OC(F)F)cn2)C2CCCCC2N1. The fourth-order valence-corrected chi connectivity index (χ4v) is 3.36. The summed E-state index contributed by atoms with van der Waals surface area (Å²) < 4.78 is 28.4. The van der Waals surface area contributed by atoms with E-state index in [1.807, 2.05) is 0 Å². The molecular weight excluding hydrogens is 334 g/mol. The van der Waals surface area contributed by atoms with Crippen molar-refractivity contribution in [1.29, 1.82) is 0 Å². The molecule has 2 aliphatic rings. The number of pyridine rings is 1. The van der Waals surface area contributed by atoms with Crippen molar-refractivity contribution in [3.8, 4) is 5.75 Å². The van der Waals surface area contributed by atoms with Gasteiger partial charge in [0.2, 0.25) is 5.91 Å². The summed E-state index contributed by atoms with van der Waals surface area (Å²) in [4.78, 5) is 29.8. The Balaban J connectivity index is 1.57. The molecule has 1 aromatic rings. The second-order valence-electron chi connectivity index (χ2n) is 6.18. The number of ether oxygens (including phenoxy) is 1. The molecule has 1 aliphatic heterocycles. The summed E-state index contributed by atoms with van der Waals surface area (Å²) in [5.41, 5.74) is 0.511. The molecule has 3 amide bonds. The summed E-state index contributed by atoms with van der Waals surface area (Å²) in [6, 6.07) is 2.59. The Morgan fingerprint density at radius 1 is 1.40 bits per heavy atom. The molecular formula is C16H20F2N4O3. The molecule has 1 saturated heterocycles. The number of hydrogen-bond donors (Lipinski definition) is 2. The predicted octanol–water partition coefficient (Wildman–Crippen LogP) is 1.64. The minimum absolute atomic E-state index is 0.0150. The molecule has 2 atom stereocenters. The maximum atomic E-state index is 12.5. The van der Waals surface area contributed by atoms with Gasteiger partial charge in [0.25, 0.3) is 0 Å². The lowest BCUT2D eigenvalue weighted by molar-refractivity contribution is -0.126. The van der Waals surface area contributed by atoms with E-state index in [-0.39, 0.29) is 42.9 Å². The van der Waals surface area contributed by atoms with Crippen molar-refractivity contribution in [3.05, 3.63) is 24.0 Å². The van der Waals surface area contributed by atoms with Crippen molar-refractivity contribution < 1.29 is 23.1 Å². The molecule has 1 saturated carbocycles. The number of carbonyl (C=O) groups is 2. The number of carbonyl (C=O) groups excluding carboxylic acids is 2. The molecule has 3 rings (SSSR count). The summed E-state index contributed by atoms with van der Waals surface area (Å²) in [5, 5.41) is 5.69. The van der Waals surface area contributed by atoms with Gasteiger partial charge in [0.15, 0.2) is 0 Å². The van der Waals surface area contributed by atoms with Crippen LogP contribution in [0.2, 0.25) is 0 Å². The Morgan fingerprint density at radius 2 is 2.20 bits per heavy atom. The van der Waals surface area contributed by atoms with Crippen LogP contribution in [0.4, 0.5) is 13.6 Å². The topological polar surface area (TPSA) is 83.6 Å². The van der Waals surface area contributed by atoms with Gasteiger partial charge in [-0.25, -0.2) is 4.79 Å². The highest BCUT2D eigenvalue weighted by Gasteiger charge is 2.38. The molecule has 1 aliphatic carbocycles. The standard InChI is InChI=1S/C16H20F2N4O3/c17-15(18)25-11-6-5-10(19-8-11)7-20-16(24)22-9-14(23)21-12-3-1-2-4-13(12)22/h5-6,8,12-13,15H,1-4,7,9H2,(H,20,24)(H,21,23). The Morgan fingerprint density at radius 3 is 2.92 bits per heavy atom. The summed E-state index contributed by atoms with van der Waals surface area (Å²) in [6.45, 7) is -2.72. The molecule has 136 valence electrons. The summed E-state index contributed by atoms with van der Waals surface area (Å²) in [5.74, 6) is -0.187. The normalized spacial score (nSPS) is 23.0. The number of halogens is 2. The van der Waals surface area contributed by atoms with Gasteiger partial charge in [0.1, 0.15) is 12.3 Å². The highest BCUT2D eigenvalue weighted by molar-refractivity contribution is 5.86. The summed E-state index contributed by atoms with van der Waals surface area (Å²) >= 11 is 0. The lowest BCUT2D eigenvalue weighted by Gasteiger charge is -2.43. The predicted molar refractivity (Wildman–Crippen MR) is 84.0 cm³/mol. The number of rotatable bonds is 4. The molecule has 0 radical (unpaired) electrons. The number of nitrogens with one attached hydrogen (secondary N) is 2. The zero-order valence-corrected chi connectivity index (χ0v) is 13.6. The highest BCUT2D eigenvalue weighted by Crippen LogP contribution is 2.25. The minimum Gasteiger partial charge on any atom is -0.433 e. The molecule has 2 unspecified atom stereocenters. The van der Waals surface area contributed by atoms with Crippen LogP contribution in [0, 0.1) is 0 Å².